The van der Waals surface area contributed by atoms with Gasteiger partial charge in [0, 0.05) is 0 Å². The van der Waals surface area contributed by atoms with E-state index in [0.29, 0.717) is 13.0 Å². The van der Waals surface area contributed by atoms with E-state index in [2.05, 4.69) is 12.1 Å². The van der Waals surface area contributed by atoms with Gasteiger partial charge in [0.05, 0.1) is 18.6 Å². The molecular weight excluding hydrogens is 246 g/mol. The lowest BCUT2D eigenvalue weighted by atomic mass is 9.92. The Bertz CT molecular complexity index is 613. The molecule has 0 aliphatic heterocycles. The van der Waals surface area contributed by atoms with Gasteiger partial charge in [-0.05, 0) is 43.5 Å². The topological polar surface area (TPSA) is 33.0 Å². The summed E-state index contributed by atoms with van der Waals surface area (Å²) in [6.45, 7) is 4.67. The van der Waals surface area contributed by atoms with Crippen LogP contribution >= 0.6 is 0 Å². The first kappa shape index (κ1) is 14.1. The van der Waals surface area contributed by atoms with Crippen molar-refractivity contribution in [1.29, 1.82) is 5.26 Å². The fraction of sp³-hybridized carbons (Fsp3) is 0.278. The highest BCUT2D eigenvalue weighted by Gasteiger charge is 2.12. The predicted molar refractivity (Wildman–Crippen MR) is 80.8 cm³/mol. The number of nitriles is 1. The Balaban J connectivity index is 2.18. The second-order valence-corrected chi connectivity index (χ2v) is 4.88. The first-order chi connectivity index (χ1) is 9.72. The second-order valence-electron chi connectivity index (χ2n) is 4.88. The van der Waals surface area contributed by atoms with Crippen molar-refractivity contribution in [1.82, 2.24) is 0 Å². The quantitative estimate of drug-likeness (QED) is 0.810. The van der Waals surface area contributed by atoms with E-state index in [0.717, 1.165) is 16.9 Å². The molecular formula is C18H19NO. The van der Waals surface area contributed by atoms with E-state index in [1.807, 2.05) is 56.3 Å². The van der Waals surface area contributed by atoms with Gasteiger partial charge in [-0.2, -0.15) is 5.26 Å². The largest absolute Gasteiger partial charge is 0.494 e. The van der Waals surface area contributed by atoms with Crippen LogP contribution in [0, 0.1) is 18.3 Å². The zero-order valence-corrected chi connectivity index (χ0v) is 12.0. The van der Waals surface area contributed by atoms with Gasteiger partial charge in [-0.3, -0.25) is 0 Å². The van der Waals surface area contributed by atoms with Crippen LogP contribution in [0.1, 0.15) is 29.5 Å². The van der Waals surface area contributed by atoms with E-state index in [1.165, 1.54) is 5.56 Å². The van der Waals surface area contributed by atoms with E-state index in [9.17, 15) is 5.26 Å². The van der Waals surface area contributed by atoms with Crippen molar-refractivity contribution >= 4 is 0 Å². The number of hydrogen-bond acceptors (Lipinski definition) is 2. The van der Waals surface area contributed by atoms with Crippen molar-refractivity contribution in [3.05, 3.63) is 65.2 Å². The van der Waals surface area contributed by atoms with Crippen LogP contribution in [0.3, 0.4) is 0 Å². The first-order valence-corrected chi connectivity index (χ1v) is 6.91. The van der Waals surface area contributed by atoms with Crippen molar-refractivity contribution in [2.75, 3.05) is 6.61 Å². The van der Waals surface area contributed by atoms with Gasteiger partial charge in [-0.1, -0.05) is 42.0 Å². The van der Waals surface area contributed by atoms with Gasteiger partial charge in [-0.25, -0.2) is 0 Å². The molecule has 0 aromatic heterocycles. The highest BCUT2D eigenvalue weighted by atomic mass is 16.5. The van der Waals surface area contributed by atoms with Gasteiger partial charge in [0.15, 0.2) is 0 Å². The second kappa shape index (κ2) is 6.77. The number of aryl methyl sites for hydroxylation is 1. The van der Waals surface area contributed by atoms with Crippen LogP contribution < -0.4 is 4.74 Å². The van der Waals surface area contributed by atoms with Crippen molar-refractivity contribution < 1.29 is 4.74 Å². The molecule has 0 heterocycles. The summed E-state index contributed by atoms with van der Waals surface area (Å²) in [5, 5.41) is 9.42. The molecule has 20 heavy (non-hydrogen) atoms. The van der Waals surface area contributed by atoms with E-state index in [1.54, 1.807) is 0 Å². The molecule has 2 aromatic carbocycles. The number of benzene rings is 2. The number of ether oxygens (including phenoxy) is 1. The van der Waals surface area contributed by atoms with Crippen molar-refractivity contribution in [3.8, 4) is 11.8 Å². The lowest BCUT2D eigenvalue weighted by Crippen LogP contribution is -2.01. The maximum absolute atomic E-state index is 9.42. The van der Waals surface area contributed by atoms with Crippen molar-refractivity contribution in [2.45, 2.75) is 26.2 Å². The molecule has 2 heteroatoms. The molecule has 0 spiro atoms. The van der Waals surface area contributed by atoms with E-state index in [-0.39, 0.29) is 5.92 Å². The highest BCUT2D eigenvalue weighted by Crippen LogP contribution is 2.23. The van der Waals surface area contributed by atoms with Crippen LogP contribution in [-0.2, 0) is 6.42 Å². The Morgan fingerprint density at radius 3 is 2.65 bits per heavy atom. The molecule has 1 unspecified atom stereocenters. The monoisotopic (exact) mass is 265 g/mol. The van der Waals surface area contributed by atoms with Gasteiger partial charge in [0.1, 0.15) is 5.75 Å². The van der Waals surface area contributed by atoms with E-state index < -0.39 is 0 Å². The van der Waals surface area contributed by atoms with Gasteiger partial charge in [0.25, 0.3) is 0 Å². The molecule has 2 rings (SSSR count). The SMILES string of the molecule is CCOc1cccc(CC(C#N)c2cccc(C)c2)c1. The Hall–Kier alpha value is -2.27. The van der Waals surface area contributed by atoms with Gasteiger partial charge < -0.3 is 4.74 Å². The number of rotatable bonds is 5. The van der Waals surface area contributed by atoms with E-state index in [4.69, 9.17) is 4.74 Å². The molecule has 0 N–H and O–H groups in total. The Morgan fingerprint density at radius 1 is 1.15 bits per heavy atom. The van der Waals surface area contributed by atoms with Gasteiger partial charge in [0.2, 0.25) is 0 Å². The summed E-state index contributed by atoms with van der Waals surface area (Å²) >= 11 is 0. The lowest BCUT2D eigenvalue weighted by Gasteiger charge is -2.11. The van der Waals surface area contributed by atoms with Crippen LogP contribution in [0.15, 0.2) is 48.5 Å². The first-order valence-electron chi connectivity index (χ1n) is 6.91. The lowest BCUT2D eigenvalue weighted by molar-refractivity contribution is 0.340. The molecule has 0 saturated heterocycles. The molecule has 0 aliphatic rings. The zero-order chi connectivity index (χ0) is 14.4. The molecule has 102 valence electrons. The maximum atomic E-state index is 9.42. The maximum Gasteiger partial charge on any atom is 0.119 e. The van der Waals surface area contributed by atoms with Gasteiger partial charge in [-0.15, -0.1) is 0 Å². The third-order valence-electron chi connectivity index (χ3n) is 3.25. The number of hydrogen-bond donors (Lipinski definition) is 0. The summed E-state index contributed by atoms with van der Waals surface area (Å²) in [4.78, 5) is 0. The summed E-state index contributed by atoms with van der Waals surface area (Å²) in [6, 6.07) is 18.5. The summed E-state index contributed by atoms with van der Waals surface area (Å²) in [6.07, 6.45) is 0.709. The molecule has 0 saturated carbocycles. The fourth-order valence-corrected chi connectivity index (χ4v) is 2.29. The van der Waals surface area contributed by atoms with Crippen LogP contribution in [0.4, 0.5) is 0 Å². The molecule has 1 atom stereocenters. The van der Waals surface area contributed by atoms with Crippen LogP contribution in [0.2, 0.25) is 0 Å². The summed E-state index contributed by atoms with van der Waals surface area (Å²) in [5.74, 6) is 0.748. The van der Waals surface area contributed by atoms with Crippen LogP contribution in [-0.4, -0.2) is 6.61 Å². The van der Waals surface area contributed by atoms with Crippen LogP contribution in [0.25, 0.3) is 0 Å². The molecule has 0 bridgehead atoms. The minimum absolute atomic E-state index is 0.119. The summed E-state index contributed by atoms with van der Waals surface area (Å²) in [5.41, 5.74) is 3.39. The minimum Gasteiger partial charge on any atom is -0.494 e. The van der Waals surface area contributed by atoms with Crippen molar-refractivity contribution in [2.24, 2.45) is 0 Å². The third-order valence-corrected chi connectivity index (χ3v) is 3.25. The Morgan fingerprint density at radius 2 is 1.95 bits per heavy atom. The average Bonchev–Trinajstić information content (AvgIpc) is 2.45. The standard InChI is InChI=1S/C18H19NO/c1-3-20-18-9-5-7-15(12-18)11-17(13-19)16-8-4-6-14(2)10-16/h4-10,12,17H,3,11H2,1-2H3. The molecule has 0 fully saturated rings. The normalized spacial score (nSPS) is 11.7. The average molecular weight is 265 g/mol. The minimum atomic E-state index is -0.119. The molecule has 0 radical (unpaired) electrons. The van der Waals surface area contributed by atoms with E-state index >= 15 is 0 Å². The molecule has 2 nitrogen and oxygen atoms in total. The third kappa shape index (κ3) is 3.61. The fourth-order valence-electron chi connectivity index (χ4n) is 2.29. The summed E-state index contributed by atoms with van der Waals surface area (Å²) < 4.78 is 5.50. The highest BCUT2D eigenvalue weighted by molar-refractivity contribution is 5.34. The summed E-state index contributed by atoms with van der Waals surface area (Å²) in [7, 11) is 0. The molecule has 0 aliphatic carbocycles. The number of nitrogens with zero attached hydrogens (tertiary/aromatic N) is 1. The van der Waals surface area contributed by atoms with Crippen LogP contribution in [0.5, 0.6) is 5.75 Å². The predicted octanol–water partition coefficient (Wildman–Crippen LogP) is 4.24. The molecule has 0 amide bonds. The molecule has 2 aromatic rings. The van der Waals surface area contributed by atoms with Crippen molar-refractivity contribution in [3.63, 3.8) is 0 Å². The Labute approximate surface area is 120 Å². The van der Waals surface area contributed by atoms with Gasteiger partial charge >= 0.3 is 0 Å². The smallest absolute Gasteiger partial charge is 0.119 e. The Kier molecular flexibility index (Phi) is 4.79. The zero-order valence-electron chi connectivity index (χ0n) is 12.0.